The van der Waals surface area contributed by atoms with Gasteiger partial charge in [-0.3, -0.25) is 9.09 Å². The van der Waals surface area contributed by atoms with E-state index in [9.17, 15) is 4.57 Å². The van der Waals surface area contributed by atoms with E-state index in [1.165, 1.54) is 6.33 Å². The van der Waals surface area contributed by atoms with Gasteiger partial charge in [0, 0.05) is 18.0 Å². The van der Waals surface area contributed by atoms with E-state index in [-0.39, 0.29) is 31.5 Å². The number of ether oxygens (including phenoxy) is 1. The SMILES string of the molecule is Cl.Nc1ncnc2c1ncn2CCOC[P@@]1(=O)OCC[C@@H](c2cccc(Cl)c2)O1. The van der Waals surface area contributed by atoms with Crippen LogP contribution in [0.4, 0.5) is 5.82 Å². The number of hydrogen-bond donors (Lipinski definition) is 1. The molecule has 12 heteroatoms. The third-order valence-electron chi connectivity index (χ3n) is 4.33. The molecule has 1 saturated heterocycles. The number of hydrogen-bond acceptors (Lipinski definition) is 8. The maximum Gasteiger partial charge on any atom is 0.356 e. The predicted octanol–water partition coefficient (Wildman–Crippen LogP) is 3.83. The monoisotopic (exact) mass is 459 g/mol. The van der Waals surface area contributed by atoms with Gasteiger partial charge in [-0.25, -0.2) is 15.0 Å². The summed E-state index contributed by atoms with van der Waals surface area (Å²) >= 11 is 6.03. The van der Waals surface area contributed by atoms with E-state index in [4.69, 9.17) is 31.1 Å². The highest BCUT2D eigenvalue weighted by Gasteiger charge is 2.34. The Labute approximate surface area is 178 Å². The molecule has 0 saturated carbocycles. The van der Waals surface area contributed by atoms with Crippen LogP contribution < -0.4 is 5.73 Å². The highest BCUT2D eigenvalue weighted by Crippen LogP contribution is 2.56. The van der Waals surface area contributed by atoms with E-state index in [0.29, 0.717) is 41.6 Å². The Kier molecular flexibility index (Phi) is 7.10. The summed E-state index contributed by atoms with van der Waals surface area (Å²) in [6, 6.07) is 7.32. The number of nitrogens with zero attached hydrogens (tertiary/aromatic N) is 4. The van der Waals surface area contributed by atoms with Gasteiger partial charge in [0.05, 0.1) is 25.6 Å². The van der Waals surface area contributed by atoms with Crippen molar-refractivity contribution < 1.29 is 18.3 Å². The Balaban J connectivity index is 0.00000240. The van der Waals surface area contributed by atoms with Crippen LogP contribution in [0.3, 0.4) is 0 Å². The Hall–Kier alpha value is -1.74. The zero-order valence-corrected chi connectivity index (χ0v) is 17.8. The number of nitrogens with two attached hydrogens (primary N) is 1. The molecule has 0 unspecified atom stereocenters. The van der Waals surface area contributed by atoms with Crippen LogP contribution in [0.1, 0.15) is 18.1 Å². The molecule has 0 bridgehead atoms. The van der Waals surface area contributed by atoms with Crippen LogP contribution in [-0.4, -0.2) is 39.1 Å². The molecule has 1 aliphatic rings. The summed E-state index contributed by atoms with van der Waals surface area (Å²) < 4.78 is 31.3. The van der Waals surface area contributed by atoms with Crippen LogP contribution >= 0.6 is 31.6 Å². The van der Waals surface area contributed by atoms with Crippen molar-refractivity contribution in [2.75, 3.05) is 25.3 Å². The molecule has 3 aromatic rings. The molecule has 1 fully saturated rings. The van der Waals surface area contributed by atoms with E-state index in [2.05, 4.69) is 15.0 Å². The molecular formula is C17H20Cl2N5O4P. The number of nitrogen functional groups attached to an aromatic ring is 1. The van der Waals surface area contributed by atoms with Crippen LogP contribution in [0.25, 0.3) is 11.2 Å². The largest absolute Gasteiger partial charge is 0.382 e. The van der Waals surface area contributed by atoms with Gasteiger partial charge in [-0.2, -0.15) is 0 Å². The van der Waals surface area contributed by atoms with Gasteiger partial charge >= 0.3 is 7.60 Å². The first-order valence-corrected chi connectivity index (χ1v) is 10.8. The first-order chi connectivity index (χ1) is 13.5. The fraction of sp³-hybridized carbons (Fsp3) is 0.353. The Bertz CT molecular complexity index is 1030. The molecule has 0 aliphatic carbocycles. The summed E-state index contributed by atoms with van der Waals surface area (Å²) in [6.45, 7) is 1.08. The van der Waals surface area contributed by atoms with Crippen LogP contribution in [0.5, 0.6) is 0 Å². The lowest BCUT2D eigenvalue weighted by Gasteiger charge is -2.30. The van der Waals surface area contributed by atoms with Gasteiger partial charge in [0.1, 0.15) is 18.2 Å². The molecule has 156 valence electrons. The molecular weight excluding hydrogens is 440 g/mol. The first kappa shape index (κ1) is 22.0. The second-order valence-electron chi connectivity index (χ2n) is 6.29. The van der Waals surface area contributed by atoms with Crippen molar-refractivity contribution in [3.8, 4) is 0 Å². The van der Waals surface area contributed by atoms with Gasteiger partial charge in [0.25, 0.3) is 0 Å². The summed E-state index contributed by atoms with van der Waals surface area (Å²) in [5.41, 5.74) is 7.81. The molecule has 4 rings (SSSR count). The lowest BCUT2D eigenvalue weighted by atomic mass is 10.1. The maximum atomic E-state index is 12.9. The van der Waals surface area contributed by atoms with E-state index in [1.54, 1.807) is 23.0 Å². The molecule has 1 aliphatic heterocycles. The van der Waals surface area contributed by atoms with Crippen LogP contribution in [0.15, 0.2) is 36.9 Å². The van der Waals surface area contributed by atoms with Gasteiger partial charge in [0.15, 0.2) is 11.5 Å². The van der Waals surface area contributed by atoms with Crippen LogP contribution in [0, 0.1) is 0 Å². The van der Waals surface area contributed by atoms with Crippen molar-refractivity contribution in [3.63, 3.8) is 0 Å². The molecule has 2 atom stereocenters. The maximum absolute atomic E-state index is 12.9. The molecule has 2 N–H and O–H groups in total. The number of imidazole rings is 1. The normalized spacial score (nSPS) is 21.8. The van der Waals surface area contributed by atoms with Gasteiger partial charge in [-0.1, -0.05) is 23.7 Å². The van der Waals surface area contributed by atoms with Crippen molar-refractivity contribution in [2.45, 2.75) is 19.1 Å². The van der Waals surface area contributed by atoms with Crippen molar-refractivity contribution in [1.29, 1.82) is 0 Å². The van der Waals surface area contributed by atoms with Crippen molar-refractivity contribution in [3.05, 3.63) is 47.5 Å². The summed E-state index contributed by atoms with van der Waals surface area (Å²) in [5, 5.41) is 0.607. The summed E-state index contributed by atoms with van der Waals surface area (Å²) in [5.74, 6) is 0.324. The Morgan fingerprint density at radius 2 is 2.21 bits per heavy atom. The molecule has 1 aromatic carbocycles. The lowest BCUT2D eigenvalue weighted by Crippen LogP contribution is -2.17. The van der Waals surface area contributed by atoms with E-state index in [1.807, 2.05) is 12.1 Å². The van der Waals surface area contributed by atoms with Gasteiger partial charge in [0.2, 0.25) is 0 Å². The smallest absolute Gasteiger partial charge is 0.356 e. The standard InChI is InChI=1S/C17H19ClN5O4P.ClH/c18-13-3-1-2-12(8-13)14-4-6-26-28(24,27-14)11-25-7-5-23-10-22-15-16(19)20-9-21-17(15)23;/h1-3,8-10,14H,4-7,11H2,(H2,19,20,21);1H/t14-,28+;/m0./s1. The van der Waals surface area contributed by atoms with Crippen molar-refractivity contribution >= 4 is 48.6 Å². The summed E-state index contributed by atoms with van der Waals surface area (Å²) in [6.07, 6.45) is 3.14. The molecule has 9 nitrogen and oxygen atoms in total. The molecule has 29 heavy (non-hydrogen) atoms. The number of rotatable bonds is 6. The third kappa shape index (κ3) is 5.06. The molecule has 0 amide bonds. The van der Waals surface area contributed by atoms with Gasteiger partial charge in [-0.15, -0.1) is 12.4 Å². The highest BCUT2D eigenvalue weighted by molar-refractivity contribution is 7.53. The zero-order chi connectivity index (χ0) is 19.6. The minimum absolute atomic E-state index is 0. The molecule has 2 aromatic heterocycles. The number of halogens is 2. The first-order valence-electron chi connectivity index (χ1n) is 8.71. The van der Waals surface area contributed by atoms with Crippen molar-refractivity contribution in [2.24, 2.45) is 0 Å². The van der Waals surface area contributed by atoms with Crippen molar-refractivity contribution in [1.82, 2.24) is 19.5 Å². The fourth-order valence-corrected chi connectivity index (χ4v) is 4.73. The minimum Gasteiger partial charge on any atom is -0.382 e. The van der Waals surface area contributed by atoms with E-state index >= 15 is 0 Å². The minimum atomic E-state index is -3.35. The lowest BCUT2D eigenvalue weighted by molar-refractivity contribution is 0.0563. The highest BCUT2D eigenvalue weighted by atomic mass is 35.5. The molecule has 0 spiro atoms. The Morgan fingerprint density at radius 1 is 1.34 bits per heavy atom. The number of aromatic nitrogens is 4. The van der Waals surface area contributed by atoms with Crippen LogP contribution in [0.2, 0.25) is 5.02 Å². The molecule has 3 heterocycles. The van der Waals surface area contributed by atoms with E-state index < -0.39 is 7.60 Å². The topological polar surface area (TPSA) is 114 Å². The average molecular weight is 460 g/mol. The number of benzene rings is 1. The van der Waals surface area contributed by atoms with Gasteiger partial charge in [-0.05, 0) is 17.7 Å². The summed E-state index contributed by atoms with van der Waals surface area (Å²) in [4.78, 5) is 12.3. The second kappa shape index (κ2) is 9.38. The Morgan fingerprint density at radius 3 is 3.03 bits per heavy atom. The third-order valence-corrected chi connectivity index (χ3v) is 6.22. The summed E-state index contributed by atoms with van der Waals surface area (Å²) in [7, 11) is -3.35. The predicted molar refractivity (Wildman–Crippen MR) is 111 cm³/mol. The number of fused-ring (bicyclic) bond motifs is 1. The average Bonchev–Trinajstić information content (AvgIpc) is 3.10. The zero-order valence-electron chi connectivity index (χ0n) is 15.3. The molecule has 0 radical (unpaired) electrons. The van der Waals surface area contributed by atoms with Gasteiger partial charge < -0.3 is 19.6 Å². The second-order valence-corrected chi connectivity index (χ2v) is 8.67. The quantitative estimate of drug-likeness (QED) is 0.436. The fourth-order valence-electron chi connectivity index (χ4n) is 2.98. The number of anilines is 1. The van der Waals surface area contributed by atoms with Crippen LogP contribution in [-0.2, 0) is 24.9 Å². The van der Waals surface area contributed by atoms with E-state index in [0.717, 1.165) is 5.56 Å².